The zero-order valence-corrected chi connectivity index (χ0v) is 11.6. The molecule has 2 rings (SSSR count). The lowest BCUT2D eigenvalue weighted by molar-refractivity contribution is -0.140. The molecule has 108 valence electrons. The van der Waals surface area contributed by atoms with Crippen LogP contribution in [0.1, 0.15) is 24.0 Å². The minimum absolute atomic E-state index is 0.0410. The van der Waals surface area contributed by atoms with Crippen molar-refractivity contribution in [2.75, 3.05) is 6.54 Å². The number of benzene rings is 1. The van der Waals surface area contributed by atoms with Gasteiger partial charge in [0.1, 0.15) is 6.04 Å². The molecule has 1 aromatic carbocycles. The van der Waals surface area contributed by atoms with E-state index in [1.165, 1.54) is 5.56 Å². The highest BCUT2D eigenvalue weighted by Crippen LogP contribution is 2.32. The van der Waals surface area contributed by atoms with Crippen LogP contribution < -0.4 is 10.6 Å². The molecule has 3 N–H and O–H groups in total. The van der Waals surface area contributed by atoms with Gasteiger partial charge in [0.05, 0.1) is 6.54 Å². The molecule has 1 saturated carbocycles. The van der Waals surface area contributed by atoms with Gasteiger partial charge in [-0.1, -0.05) is 29.8 Å². The van der Waals surface area contributed by atoms with Crippen LogP contribution >= 0.6 is 0 Å². The van der Waals surface area contributed by atoms with Crippen molar-refractivity contribution in [3.05, 3.63) is 35.4 Å². The number of carboxylic acids is 1. The van der Waals surface area contributed by atoms with Gasteiger partial charge in [0.25, 0.3) is 0 Å². The zero-order valence-electron chi connectivity index (χ0n) is 11.6. The topological polar surface area (TPSA) is 78.4 Å². The van der Waals surface area contributed by atoms with E-state index >= 15 is 0 Å². The summed E-state index contributed by atoms with van der Waals surface area (Å²) in [5.41, 5.74) is 2.21. The number of carboxylic acid groups (broad SMARTS) is 1. The van der Waals surface area contributed by atoms with Gasteiger partial charge in [0, 0.05) is 6.54 Å². The van der Waals surface area contributed by atoms with Crippen molar-refractivity contribution < 1.29 is 14.7 Å². The highest BCUT2D eigenvalue weighted by atomic mass is 16.4. The second-order valence-electron chi connectivity index (χ2n) is 5.30. The highest BCUT2D eigenvalue weighted by Gasteiger charge is 2.36. The Hall–Kier alpha value is -1.88. The van der Waals surface area contributed by atoms with Crippen LogP contribution in [0.3, 0.4) is 0 Å². The number of aliphatic carboxylic acids is 1. The zero-order chi connectivity index (χ0) is 14.5. The minimum atomic E-state index is -0.876. The molecule has 0 aliphatic heterocycles. The van der Waals surface area contributed by atoms with Crippen LogP contribution in [-0.4, -0.2) is 29.6 Å². The van der Waals surface area contributed by atoms with Crippen molar-refractivity contribution in [1.29, 1.82) is 0 Å². The second kappa shape index (κ2) is 6.52. The molecule has 1 atom stereocenters. The lowest BCUT2D eigenvalue weighted by Crippen LogP contribution is -2.44. The molecule has 0 saturated heterocycles. The van der Waals surface area contributed by atoms with Gasteiger partial charge < -0.3 is 10.4 Å². The van der Waals surface area contributed by atoms with Crippen LogP contribution in [0.2, 0.25) is 0 Å². The smallest absolute Gasteiger partial charge is 0.320 e. The number of carbonyl (C=O) groups excluding carboxylic acids is 1. The van der Waals surface area contributed by atoms with Gasteiger partial charge >= 0.3 is 5.97 Å². The van der Waals surface area contributed by atoms with Crippen molar-refractivity contribution >= 4 is 11.9 Å². The molecule has 0 heterocycles. The Morgan fingerprint density at radius 3 is 2.50 bits per heavy atom. The van der Waals surface area contributed by atoms with E-state index in [-0.39, 0.29) is 18.4 Å². The average Bonchev–Trinajstić information content (AvgIpc) is 3.22. The molecule has 5 heteroatoms. The van der Waals surface area contributed by atoms with Crippen LogP contribution in [-0.2, 0) is 16.1 Å². The summed E-state index contributed by atoms with van der Waals surface area (Å²) < 4.78 is 0. The van der Waals surface area contributed by atoms with E-state index < -0.39 is 12.0 Å². The molecule has 1 aromatic rings. The number of aryl methyl sites for hydroxylation is 1. The first kappa shape index (κ1) is 14.5. The Labute approximate surface area is 118 Å². The van der Waals surface area contributed by atoms with Crippen LogP contribution in [0.15, 0.2) is 24.3 Å². The summed E-state index contributed by atoms with van der Waals surface area (Å²) >= 11 is 0. The fraction of sp³-hybridized carbons (Fsp3) is 0.467. The lowest BCUT2D eigenvalue weighted by Gasteiger charge is -2.13. The first-order valence-electron chi connectivity index (χ1n) is 6.84. The maximum atomic E-state index is 11.7. The molecular weight excluding hydrogens is 256 g/mol. The fourth-order valence-corrected chi connectivity index (χ4v) is 2.06. The van der Waals surface area contributed by atoms with Crippen LogP contribution in [0.5, 0.6) is 0 Å². The number of hydrogen-bond acceptors (Lipinski definition) is 3. The molecular formula is C15H20N2O3. The molecule has 0 spiro atoms. The molecule has 1 aliphatic rings. The SMILES string of the molecule is Cc1ccc(CNC(=O)CNC(C(=O)O)C2CC2)cc1. The molecule has 0 aromatic heterocycles. The van der Waals surface area contributed by atoms with E-state index in [9.17, 15) is 9.59 Å². The predicted molar refractivity (Wildman–Crippen MR) is 75.2 cm³/mol. The van der Waals surface area contributed by atoms with Gasteiger partial charge in [-0.2, -0.15) is 0 Å². The summed E-state index contributed by atoms with van der Waals surface area (Å²) in [5, 5.41) is 14.6. The van der Waals surface area contributed by atoms with Crippen molar-refractivity contribution in [1.82, 2.24) is 10.6 Å². The summed E-state index contributed by atoms with van der Waals surface area (Å²) in [7, 11) is 0. The Morgan fingerprint density at radius 2 is 1.95 bits per heavy atom. The van der Waals surface area contributed by atoms with Crippen LogP contribution in [0.25, 0.3) is 0 Å². The summed E-state index contributed by atoms with van der Waals surface area (Å²) in [4.78, 5) is 22.7. The third-order valence-electron chi connectivity index (χ3n) is 3.45. The van der Waals surface area contributed by atoms with Gasteiger partial charge in [-0.15, -0.1) is 0 Å². The summed E-state index contributed by atoms with van der Waals surface area (Å²) in [6.45, 7) is 2.51. The van der Waals surface area contributed by atoms with Gasteiger partial charge in [-0.05, 0) is 31.2 Å². The van der Waals surface area contributed by atoms with E-state index in [0.29, 0.717) is 6.54 Å². The van der Waals surface area contributed by atoms with Crippen LogP contribution in [0.4, 0.5) is 0 Å². The molecule has 1 unspecified atom stereocenters. The number of carbonyl (C=O) groups is 2. The standard InChI is InChI=1S/C15H20N2O3/c1-10-2-4-11(5-3-10)8-16-13(18)9-17-14(15(19)20)12-6-7-12/h2-5,12,14,17H,6-9H2,1H3,(H,16,18)(H,19,20). The monoisotopic (exact) mass is 276 g/mol. The molecule has 5 nitrogen and oxygen atoms in total. The molecule has 1 fully saturated rings. The van der Waals surface area contributed by atoms with E-state index in [0.717, 1.165) is 18.4 Å². The second-order valence-corrected chi connectivity index (χ2v) is 5.30. The normalized spacial score (nSPS) is 15.7. The first-order valence-corrected chi connectivity index (χ1v) is 6.84. The lowest BCUT2D eigenvalue weighted by atomic mass is 10.1. The van der Waals surface area contributed by atoms with Gasteiger partial charge in [-0.25, -0.2) is 0 Å². The van der Waals surface area contributed by atoms with Gasteiger partial charge in [0.2, 0.25) is 5.91 Å². The molecule has 20 heavy (non-hydrogen) atoms. The van der Waals surface area contributed by atoms with Crippen LogP contribution in [0, 0.1) is 12.8 Å². The van der Waals surface area contributed by atoms with Gasteiger partial charge in [-0.3, -0.25) is 14.9 Å². The summed E-state index contributed by atoms with van der Waals surface area (Å²) in [5.74, 6) is -0.881. The Balaban J connectivity index is 1.72. The van der Waals surface area contributed by atoms with Crippen molar-refractivity contribution in [2.45, 2.75) is 32.4 Å². The number of amides is 1. The van der Waals surface area contributed by atoms with Crippen molar-refractivity contribution in [3.8, 4) is 0 Å². The van der Waals surface area contributed by atoms with E-state index in [1.807, 2.05) is 31.2 Å². The molecule has 0 radical (unpaired) electrons. The predicted octanol–water partition coefficient (Wildman–Crippen LogP) is 1.06. The quantitative estimate of drug-likeness (QED) is 0.696. The third kappa shape index (κ3) is 4.35. The minimum Gasteiger partial charge on any atom is -0.480 e. The van der Waals surface area contributed by atoms with E-state index in [4.69, 9.17) is 5.11 Å². The van der Waals surface area contributed by atoms with E-state index in [2.05, 4.69) is 10.6 Å². The number of nitrogens with one attached hydrogen (secondary N) is 2. The maximum Gasteiger partial charge on any atom is 0.320 e. The maximum absolute atomic E-state index is 11.7. The number of hydrogen-bond donors (Lipinski definition) is 3. The average molecular weight is 276 g/mol. The third-order valence-corrected chi connectivity index (χ3v) is 3.45. The van der Waals surface area contributed by atoms with Gasteiger partial charge in [0.15, 0.2) is 0 Å². The fourth-order valence-electron chi connectivity index (χ4n) is 2.06. The molecule has 1 aliphatic carbocycles. The van der Waals surface area contributed by atoms with Crippen molar-refractivity contribution in [3.63, 3.8) is 0 Å². The highest BCUT2D eigenvalue weighted by molar-refractivity contribution is 5.80. The Morgan fingerprint density at radius 1 is 1.30 bits per heavy atom. The summed E-state index contributed by atoms with van der Waals surface area (Å²) in [6.07, 6.45) is 1.85. The molecule has 1 amide bonds. The largest absolute Gasteiger partial charge is 0.480 e. The van der Waals surface area contributed by atoms with E-state index in [1.54, 1.807) is 0 Å². The summed E-state index contributed by atoms with van der Waals surface area (Å²) in [6, 6.07) is 7.32. The van der Waals surface area contributed by atoms with Crippen molar-refractivity contribution in [2.24, 2.45) is 5.92 Å². The Bertz CT molecular complexity index is 480. The first-order chi connectivity index (χ1) is 9.56. The molecule has 0 bridgehead atoms. The Kier molecular flexibility index (Phi) is 4.74. The number of rotatable bonds is 7.